The molecule has 1 aromatic rings. The van der Waals surface area contributed by atoms with E-state index >= 15 is 0 Å². The largest absolute Gasteiger partial charge is 0.312 e. The second-order valence-electron chi connectivity index (χ2n) is 6.07. The SMILES string of the molecule is CCCc1ccc(C(CN2C(=O)C3CC3C2=O)NC)cc1. The van der Waals surface area contributed by atoms with E-state index < -0.39 is 0 Å². The first-order valence-electron chi connectivity index (χ1n) is 7.77. The molecule has 0 radical (unpaired) electrons. The van der Waals surface area contributed by atoms with Crippen molar-refractivity contribution in [3.63, 3.8) is 0 Å². The van der Waals surface area contributed by atoms with E-state index in [1.54, 1.807) is 0 Å². The molecule has 4 nitrogen and oxygen atoms in total. The Labute approximate surface area is 125 Å². The van der Waals surface area contributed by atoms with Crippen LogP contribution in [0.3, 0.4) is 0 Å². The summed E-state index contributed by atoms with van der Waals surface area (Å²) in [5.74, 6) is 0.0181. The Morgan fingerprint density at radius 3 is 2.33 bits per heavy atom. The fourth-order valence-electron chi connectivity index (χ4n) is 3.18. The number of hydrogen-bond acceptors (Lipinski definition) is 3. The number of likely N-dealkylation sites (tertiary alicyclic amines) is 1. The molecule has 0 spiro atoms. The Balaban J connectivity index is 1.70. The third kappa shape index (κ3) is 2.60. The van der Waals surface area contributed by atoms with Gasteiger partial charge in [0.2, 0.25) is 11.8 Å². The molecule has 3 atom stereocenters. The number of piperidine rings is 1. The summed E-state index contributed by atoms with van der Waals surface area (Å²) >= 11 is 0. The van der Waals surface area contributed by atoms with Gasteiger partial charge >= 0.3 is 0 Å². The molecule has 21 heavy (non-hydrogen) atoms. The lowest BCUT2D eigenvalue weighted by Gasteiger charge is -2.24. The van der Waals surface area contributed by atoms with E-state index in [-0.39, 0.29) is 29.7 Å². The number of likely N-dealkylation sites (N-methyl/N-ethyl adjacent to an activating group) is 1. The van der Waals surface area contributed by atoms with Crippen LogP contribution in [0.5, 0.6) is 0 Å². The first kappa shape index (κ1) is 14.3. The van der Waals surface area contributed by atoms with Crippen molar-refractivity contribution in [3.8, 4) is 0 Å². The van der Waals surface area contributed by atoms with Crippen LogP contribution in [0.25, 0.3) is 0 Å². The average molecular weight is 286 g/mol. The molecule has 1 saturated heterocycles. The van der Waals surface area contributed by atoms with Gasteiger partial charge in [-0.1, -0.05) is 37.6 Å². The third-order valence-electron chi connectivity index (χ3n) is 4.59. The molecule has 0 bridgehead atoms. The summed E-state index contributed by atoms with van der Waals surface area (Å²) in [6.07, 6.45) is 2.98. The number of rotatable bonds is 6. The molecular weight excluding hydrogens is 264 g/mol. The molecule has 1 aromatic carbocycles. The molecule has 0 aromatic heterocycles. The maximum atomic E-state index is 12.1. The molecule has 3 rings (SSSR count). The predicted molar refractivity (Wildman–Crippen MR) is 80.6 cm³/mol. The van der Waals surface area contributed by atoms with E-state index in [2.05, 4.69) is 36.5 Å². The lowest BCUT2D eigenvalue weighted by Crippen LogP contribution is -2.39. The van der Waals surface area contributed by atoms with Crippen LogP contribution in [0.15, 0.2) is 24.3 Å². The summed E-state index contributed by atoms with van der Waals surface area (Å²) in [7, 11) is 1.87. The Morgan fingerprint density at radius 1 is 1.19 bits per heavy atom. The fraction of sp³-hybridized carbons (Fsp3) is 0.529. The van der Waals surface area contributed by atoms with Crippen molar-refractivity contribution >= 4 is 11.8 Å². The number of carbonyl (C=O) groups is 2. The van der Waals surface area contributed by atoms with Crippen LogP contribution in [0.4, 0.5) is 0 Å². The van der Waals surface area contributed by atoms with Gasteiger partial charge < -0.3 is 5.32 Å². The number of benzene rings is 1. The summed E-state index contributed by atoms with van der Waals surface area (Å²) < 4.78 is 0. The minimum atomic E-state index is -0.0121. The average Bonchev–Trinajstić information content (AvgIpc) is 3.25. The number of nitrogens with one attached hydrogen (secondary N) is 1. The molecule has 2 amide bonds. The minimum Gasteiger partial charge on any atom is -0.312 e. The lowest BCUT2D eigenvalue weighted by molar-refractivity contribution is -0.141. The van der Waals surface area contributed by atoms with Crippen molar-refractivity contribution in [3.05, 3.63) is 35.4 Å². The standard InChI is InChI=1S/C17H22N2O2/c1-3-4-11-5-7-12(8-6-11)15(18-2)10-19-16(20)13-9-14(13)17(19)21/h5-8,13-15,18H,3-4,9-10H2,1-2H3. The highest BCUT2D eigenvalue weighted by atomic mass is 16.2. The molecule has 1 aliphatic carbocycles. The van der Waals surface area contributed by atoms with Crippen molar-refractivity contribution in [1.29, 1.82) is 0 Å². The first-order valence-corrected chi connectivity index (χ1v) is 7.77. The quantitative estimate of drug-likeness (QED) is 0.813. The second kappa shape index (κ2) is 5.60. The second-order valence-corrected chi connectivity index (χ2v) is 6.07. The van der Waals surface area contributed by atoms with E-state index in [4.69, 9.17) is 0 Å². The zero-order chi connectivity index (χ0) is 15.0. The number of amides is 2. The molecule has 2 fully saturated rings. The Kier molecular flexibility index (Phi) is 3.81. The van der Waals surface area contributed by atoms with E-state index in [0.717, 1.165) is 24.8 Å². The maximum absolute atomic E-state index is 12.1. The van der Waals surface area contributed by atoms with Crippen LogP contribution in [0, 0.1) is 11.8 Å². The van der Waals surface area contributed by atoms with Gasteiger partial charge in [-0.3, -0.25) is 14.5 Å². The summed E-state index contributed by atoms with van der Waals surface area (Å²) in [6.45, 7) is 2.61. The molecule has 112 valence electrons. The van der Waals surface area contributed by atoms with Crippen molar-refractivity contribution in [2.45, 2.75) is 32.2 Å². The molecule has 3 unspecified atom stereocenters. The minimum absolute atomic E-state index is 0.00563. The maximum Gasteiger partial charge on any atom is 0.233 e. The van der Waals surface area contributed by atoms with Crippen LogP contribution >= 0.6 is 0 Å². The molecular formula is C17H22N2O2. The van der Waals surface area contributed by atoms with Gasteiger partial charge in [-0.25, -0.2) is 0 Å². The molecule has 2 aliphatic rings. The zero-order valence-electron chi connectivity index (χ0n) is 12.6. The van der Waals surface area contributed by atoms with Crippen molar-refractivity contribution in [2.24, 2.45) is 11.8 Å². The van der Waals surface area contributed by atoms with Gasteiger partial charge in [0.15, 0.2) is 0 Å². The smallest absolute Gasteiger partial charge is 0.233 e. The van der Waals surface area contributed by atoms with Gasteiger partial charge in [-0.15, -0.1) is 0 Å². The van der Waals surface area contributed by atoms with Gasteiger partial charge in [-0.2, -0.15) is 0 Å². The Morgan fingerprint density at radius 2 is 1.81 bits per heavy atom. The highest BCUT2D eigenvalue weighted by Gasteiger charge is 2.58. The molecule has 1 saturated carbocycles. The van der Waals surface area contributed by atoms with Crippen molar-refractivity contribution < 1.29 is 9.59 Å². The molecule has 1 heterocycles. The Bertz CT molecular complexity index is 532. The lowest BCUT2D eigenvalue weighted by atomic mass is 10.0. The molecule has 1 N–H and O–H groups in total. The van der Waals surface area contributed by atoms with Crippen LogP contribution in [0.2, 0.25) is 0 Å². The monoisotopic (exact) mass is 286 g/mol. The number of nitrogens with zero attached hydrogens (tertiary/aromatic N) is 1. The van der Waals surface area contributed by atoms with Crippen LogP contribution in [0.1, 0.15) is 36.9 Å². The normalized spacial score (nSPS) is 25.1. The summed E-state index contributed by atoms with van der Waals surface area (Å²) in [5, 5.41) is 3.22. The van der Waals surface area contributed by atoms with Gasteiger partial charge in [-0.05, 0) is 31.0 Å². The summed E-state index contributed by atoms with van der Waals surface area (Å²) in [6, 6.07) is 8.46. The highest BCUT2D eigenvalue weighted by Crippen LogP contribution is 2.47. The molecule has 1 aliphatic heterocycles. The van der Waals surface area contributed by atoms with Crippen LogP contribution < -0.4 is 5.32 Å². The first-order chi connectivity index (χ1) is 10.2. The third-order valence-corrected chi connectivity index (χ3v) is 4.59. The zero-order valence-corrected chi connectivity index (χ0v) is 12.6. The summed E-state index contributed by atoms with van der Waals surface area (Å²) in [5.41, 5.74) is 2.45. The van der Waals surface area contributed by atoms with Gasteiger partial charge in [0.1, 0.15) is 0 Å². The number of carbonyl (C=O) groups excluding carboxylic acids is 2. The van der Waals surface area contributed by atoms with Crippen LogP contribution in [-0.2, 0) is 16.0 Å². The number of fused-ring (bicyclic) bond motifs is 1. The van der Waals surface area contributed by atoms with Gasteiger partial charge in [0.25, 0.3) is 0 Å². The van der Waals surface area contributed by atoms with E-state index in [9.17, 15) is 9.59 Å². The number of imide groups is 1. The van der Waals surface area contributed by atoms with Gasteiger partial charge in [0.05, 0.1) is 17.9 Å². The van der Waals surface area contributed by atoms with Crippen molar-refractivity contribution in [1.82, 2.24) is 10.2 Å². The van der Waals surface area contributed by atoms with E-state index in [1.807, 2.05) is 7.05 Å². The highest BCUT2D eigenvalue weighted by molar-refractivity contribution is 6.08. The van der Waals surface area contributed by atoms with E-state index in [0.29, 0.717) is 6.54 Å². The summed E-state index contributed by atoms with van der Waals surface area (Å²) in [4.78, 5) is 25.6. The van der Waals surface area contributed by atoms with Crippen LogP contribution in [-0.4, -0.2) is 30.3 Å². The predicted octanol–water partition coefficient (Wildman–Crippen LogP) is 1.90. The van der Waals surface area contributed by atoms with Crippen molar-refractivity contribution in [2.75, 3.05) is 13.6 Å². The Hall–Kier alpha value is -1.68. The molecule has 4 heteroatoms. The van der Waals surface area contributed by atoms with E-state index in [1.165, 1.54) is 10.5 Å². The fourth-order valence-corrected chi connectivity index (χ4v) is 3.18. The topological polar surface area (TPSA) is 49.4 Å². The number of hydrogen-bond donors (Lipinski definition) is 1. The van der Waals surface area contributed by atoms with Gasteiger partial charge in [0, 0.05) is 6.54 Å². The number of aryl methyl sites for hydroxylation is 1.